The average molecular weight is 797 g/mol. The van der Waals surface area contributed by atoms with Gasteiger partial charge in [0.15, 0.2) is 0 Å². The Labute approximate surface area is 345 Å². The van der Waals surface area contributed by atoms with Gasteiger partial charge in [-0.2, -0.15) is 0 Å². The number of fused-ring (bicyclic) bond motifs is 3. The summed E-state index contributed by atoms with van der Waals surface area (Å²) < 4.78 is 17.9. The maximum atomic E-state index is 14.4. The Kier molecular flexibility index (Phi) is 16.0. The molecule has 58 heavy (non-hydrogen) atoms. The summed E-state index contributed by atoms with van der Waals surface area (Å²) in [5.41, 5.74) is 5.48. The van der Waals surface area contributed by atoms with Crippen LogP contribution >= 0.6 is 0 Å². The number of methoxy groups -OCH3 is 2. The predicted molar refractivity (Wildman–Crippen MR) is 225 cm³/mol. The number of rotatable bonds is 20. The zero-order valence-corrected chi connectivity index (χ0v) is 35.7. The highest BCUT2D eigenvalue weighted by Crippen LogP contribution is 2.44. The third kappa shape index (κ3) is 10.3. The van der Waals surface area contributed by atoms with Crippen molar-refractivity contribution >= 4 is 23.7 Å². The number of amides is 3. The number of benzene rings is 2. The van der Waals surface area contributed by atoms with E-state index < -0.39 is 36.1 Å². The lowest BCUT2D eigenvalue weighted by atomic mass is 9.86. The molecule has 0 unspecified atom stereocenters. The highest BCUT2D eigenvalue weighted by atomic mass is 16.5. The molecule has 11 nitrogen and oxygen atoms in total. The normalized spacial score (nSPS) is 18.1. The van der Waals surface area contributed by atoms with E-state index in [1.807, 2.05) is 68.1 Å². The van der Waals surface area contributed by atoms with E-state index in [2.05, 4.69) is 48.4 Å². The lowest BCUT2D eigenvalue weighted by Crippen LogP contribution is -2.54. The van der Waals surface area contributed by atoms with Crippen molar-refractivity contribution in [2.24, 2.45) is 23.7 Å². The molecule has 5 rings (SSSR count). The fourth-order valence-corrected chi connectivity index (χ4v) is 9.05. The van der Waals surface area contributed by atoms with E-state index in [0.717, 1.165) is 40.8 Å². The summed E-state index contributed by atoms with van der Waals surface area (Å²) in [6.07, 6.45) is 3.51. The van der Waals surface area contributed by atoms with E-state index in [-0.39, 0.29) is 61.0 Å². The maximum absolute atomic E-state index is 14.4. The highest BCUT2D eigenvalue weighted by Gasteiger charge is 2.43. The van der Waals surface area contributed by atoms with Crippen LogP contribution in [0.1, 0.15) is 89.5 Å². The Morgan fingerprint density at radius 1 is 0.897 bits per heavy atom. The van der Waals surface area contributed by atoms with Crippen molar-refractivity contribution in [3.8, 4) is 11.1 Å². The van der Waals surface area contributed by atoms with Gasteiger partial charge in [-0.05, 0) is 59.1 Å². The molecule has 2 aliphatic rings. The fraction of sp³-hybridized carbons (Fsp3) is 0.553. The van der Waals surface area contributed by atoms with E-state index in [1.165, 1.54) is 0 Å². The Hall–Kier alpha value is -4.61. The minimum atomic E-state index is -0.623. The fourth-order valence-electron chi connectivity index (χ4n) is 9.05. The molecule has 11 heteroatoms. The molecule has 1 saturated heterocycles. The largest absolute Gasteiger partial charge is 0.465 e. The second-order valence-electron chi connectivity index (χ2n) is 16.4. The minimum absolute atomic E-state index is 0.00938. The van der Waals surface area contributed by atoms with Gasteiger partial charge in [0.25, 0.3) is 0 Å². The van der Waals surface area contributed by atoms with Crippen LogP contribution in [0, 0.1) is 23.7 Å². The first kappa shape index (κ1) is 44.5. The lowest BCUT2D eigenvalue weighted by molar-refractivity contribution is -0.153. The lowest BCUT2D eigenvalue weighted by Gasteiger charge is -2.40. The van der Waals surface area contributed by atoms with Gasteiger partial charge in [0.05, 0.1) is 49.0 Å². The SMILES string of the molecule is CC[C@H](C)[C@@H]([C@@H](CC(=O)N1CCC[C@@H]1[C@H](OC)[C@@H](C)C(=O)NCCc1ccccn1)OC)N(C)C(=O)[C@@H](CC(=O)OCC1c2ccccc2-c2ccccc21)C(C)C. The highest BCUT2D eigenvalue weighted by molar-refractivity contribution is 5.85. The average Bonchev–Trinajstić information content (AvgIpc) is 3.85. The van der Waals surface area contributed by atoms with Gasteiger partial charge in [0, 0.05) is 58.6 Å². The summed E-state index contributed by atoms with van der Waals surface area (Å²) in [4.78, 5) is 63.3. The number of carbonyl (C=O) groups is 4. The van der Waals surface area contributed by atoms with Gasteiger partial charge in [-0.3, -0.25) is 24.2 Å². The molecule has 314 valence electrons. The number of aromatic nitrogens is 1. The predicted octanol–water partition coefficient (Wildman–Crippen LogP) is 6.68. The molecule has 1 aliphatic carbocycles. The van der Waals surface area contributed by atoms with Crippen LogP contribution in [0.2, 0.25) is 0 Å². The second kappa shape index (κ2) is 20.9. The number of hydrogen-bond acceptors (Lipinski definition) is 8. The third-order valence-corrected chi connectivity index (χ3v) is 12.5. The molecule has 1 aliphatic heterocycles. The molecule has 3 aromatic rings. The van der Waals surface area contributed by atoms with Crippen molar-refractivity contribution in [1.29, 1.82) is 0 Å². The summed E-state index contributed by atoms with van der Waals surface area (Å²) in [6, 6.07) is 21.4. The maximum Gasteiger partial charge on any atom is 0.306 e. The Morgan fingerprint density at radius 2 is 1.55 bits per heavy atom. The van der Waals surface area contributed by atoms with Crippen molar-refractivity contribution in [1.82, 2.24) is 20.1 Å². The number of pyridine rings is 1. The molecule has 0 radical (unpaired) electrons. The van der Waals surface area contributed by atoms with Gasteiger partial charge in [-0.1, -0.05) is 95.6 Å². The first-order valence-corrected chi connectivity index (χ1v) is 21.0. The van der Waals surface area contributed by atoms with Gasteiger partial charge < -0.3 is 29.3 Å². The number of hydrogen-bond donors (Lipinski definition) is 1. The summed E-state index contributed by atoms with van der Waals surface area (Å²) in [7, 11) is 4.93. The number of likely N-dealkylation sites (tertiary alicyclic amines) is 1. The number of nitrogens with zero attached hydrogens (tertiary/aromatic N) is 3. The summed E-state index contributed by atoms with van der Waals surface area (Å²) in [5, 5.41) is 3.02. The van der Waals surface area contributed by atoms with Crippen molar-refractivity contribution in [3.63, 3.8) is 0 Å². The van der Waals surface area contributed by atoms with Crippen LogP contribution < -0.4 is 5.32 Å². The second-order valence-corrected chi connectivity index (χ2v) is 16.4. The monoisotopic (exact) mass is 796 g/mol. The Bertz CT molecular complexity index is 1790. The number of nitrogens with one attached hydrogen (secondary N) is 1. The van der Waals surface area contributed by atoms with E-state index in [0.29, 0.717) is 25.9 Å². The topological polar surface area (TPSA) is 127 Å². The van der Waals surface area contributed by atoms with E-state index >= 15 is 0 Å². The van der Waals surface area contributed by atoms with Crippen LogP contribution in [-0.2, 0) is 39.8 Å². The van der Waals surface area contributed by atoms with Crippen LogP contribution in [0.5, 0.6) is 0 Å². The van der Waals surface area contributed by atoms with Gasteiger partial charge in [0.2, 0.25) is 17.7 Å². The molecule has 1 fully saturated rings. The molecular weight excluding hydrogens is 733 g/mol. The molecule has 7 atom stereocenters. The van der Waals surface area contributed by atoms with Crippen molar-refractivity contribution in [3.05, 3.63) is 89.7 Å². The molecule has 0 saturated carbocycles. The van der Waals surface area contributed by atoms with Crippen LogP contribution in [-0.4, -0.2) is 104 Å². The van der Waals surface area contributed by atoms with Crippen LogP contribution in [0.3, 0.4) is 0 Å². The van der Waals surface area contributed by atoms with Gasteiger partial charge in [0.1, 0.15) is 6.61 Å². The molecule has 2 aromatic carbocycles. The zero-order valence-electron chi connectivity index (χ0n) is 35.7. The first-order chi connectivity index (χ1) is 27.9. The molecule has 1 aromatic heterocycles. The van der Waals surface area contributed by atoms with E-state index in [1.54, 1.807) is 32.4 Å². The van der Waals surface area contributed by atoms with Gasteiger partial charge in [-0.15, -0.1) is 0 Å². The van der Waals surface area contributed by atoms with E-state index in [9.17, 15) is 19.2 Å². The van der Waals surface area contributed by atoms with Crippen LogP contribution in [0.25, 0.3) is 11.1 Å². The van der Waals surface area contributed by atoms with Crippen molar-refractivity contribution < 1.29 is 33.4 Å². The Morgan fingerprint density at radius 3 is 2.14 bits per heavy atom. The van der Waals surface area contributed by atoms with Crippen LogP contribution in [0.15, 0.2) is 72.9 Å². The minimum Gasteiger partial charge on any atom is -0.465 e. The van der Waals surface area contributed by atoms with Crippen LogP contribution in [0.4, 0.5) is 0 Å². The molecule has 3 amide bonds. The standard InChI is InChI=1S/C47H64N4O7/c1-9-31(4)44(41(56-7)28-42(52)51-26-16-22-40(51)45(57-8)32(5)46(54)49-25-23-33-17-14-15-24-48-33)50(6)47(55)38(30(2)3)27-43(53)58-29-39-36-20-12-10-18-34(36)35-19-11-13-21-37(35)39/h10-15,17-21,24,30-32,38-41,44-45H,9,16,22-23,25-29H2,1-8H3,(H,49,54)/t31-,32+,38-,40+,41+,44-,45+/m0/s1. The first-order valence-electron chi connectivity index (χ1n) is 21.0. The van der Waals surface area contributed by atoms with Gasteiger partial charge in [-0.25, -0.2) is 0 Å². The zero-order chi connectivity index (χ0) is 41.9. The number of ether oxygens (including phenoxy) is 3. The molecule has 1 N–H and O–H groups in total. The van der Waals surface area contributed by atoms with E-state index in [4.69, 9.17) is 14.2 Å². The summed E-state index contributed by atoms with van der Waals surface area (Å²) in [5.74, 6) is -2.16. The number of carbonyl (C=O) groups excluding carboxylic acids is 4. The quantitative estimate of drug-likeness (QED) is 0.126. The van der Waals surface area contributed by atoms with Gasteiger partial charge >= 0.3 is 5.97 Å². The molecule has 2 heterocycles. The summed E-state index contributed by atoms with van der Waals surface area (Å²) >= 11 is 0. The number of esters is 1. The number of likely N-dealkylation sites (N-methyl/N-ethyl adjacent to an activating group) is 1. The smallest absolute Gasteiger partial charge is 0.306 e. The van der Waals surface area contributed by atoms with Crippen molar-refractivity contribution in [2.75, 3.05) is 41.0 Å². The van der Waals surface area contributed by atoms with Crippen molar-refractivity contribution in [2.45, 2.75) is 103 Å². The third-order valence-electron chi connectivity index (χ3n) is 12.5. The molecule has 0 spiro atoms. The summed E-state index contributed by atoms with van der Waals surface area (Å²) in [6.45, 7) is 11.1. The molecule has 0 bridgehead atoms. The Balaban J connectivity index is 1.22. The molecular formula is C47H64N4O7.